The summed E-state index contributed by atoms with van der Waals surface area (Å²) in [4.78, 5) is 14.8. The maximum absolute atomic E-state index is 10.2. The third kappa shape index (κ3) is 2.81. The third-order valence-electron chi connectivity index (χ3n) is 2.28. The minimum absolute atomic E-state index is 0.429. The van der Waals surface area contributed by atoms with E-state index in [1.165, 1.54) is 6.21 Å². The van der Waals surface area contributed by atoms with Gasteiger partial charge in [0, 0.05) is 5.56 Å². The first kappa shape index (κ1) is 11.1. The number of hydrogen-bond donors (Lipinski definition) is 1. The van der Waals surface area contributed by atoms with Gasteiger partial charge in [-0.1, -0.05) is 47.6 Å². The van der Waals surface area contributed by atoms with Crippen molar-refractivity contribution >= 4 is 23.0 Å². The van der Waals surface area contributed by atoms with Crippen LogP contribution in [0.2, 0.25) is 0 Å². The van der Waals surface area contributed by atoms with E-state index in [1.54, 1.807) is 0 Å². The van der Waals surface area contributed by atoms with Crippen LogP contribution >= 0.6 is 0 Å². The molecule has 0 aliphatic heterocycles. The first-order chi connectivity index (χ1) is 8.27. The van der Waals surface area contributed by atoms with Gasteiger partial charge < -0.3 is 9.94 Å². The highest BCUT2D eigenvalue weighted by Crippen LogP contribution is 2.16. The fourth-order valence-electron chi connectivity index (χ4n) is 1.55. The lowest BCUT2D eigenvalue weighted by molar-refractivity contribution is -0.142. The molecule has 0 atom stereocenters. The number of rotatable bonds is 4. The Morgan fingerprint density at radius 1 is 1.24 bits per heavy atom. The average Bonchev–Trinajstić information content (AvgIpc) is 2.34. The van der Waals surface area contributed by atoms with Crippen LogP contribution < -0.4 is 0 Å². The molecule has 86 valence electrons. The molecule has 0 heterocycles. The molecule has 0 spiro atoms. The molecule has 1 N–H and O–H groups in total. The van der Waals surface area contributed by atoms with E-state index in [0.29, 0.717) is 0 Å². The lowest BCUT2D eigenvalue weighted by atomic mass is 10.1. The molecule has 0 fully saturated rings. The molecule has 0 aromatic heterocycles. The zero-order valence-corrected chi connectivity index (χ0v) is 9.04. The Bertz CT molecular complexity index is 558. The lowest BCUT2D eigenvalue weighted by Gasteiger charge is -2.00. The van der Waals surface area contributed by atoms with Crippen molar-refractivity contribution in [1.29, 1.82) is 0 Å². The van der Waals surface area contributed by atoms with Crippen molar-refractivity contribution in [2.75, 3.05) is 6.61 Å². The lowest BCUT2D eigenvalue weighted by Crippen LogP contribution is -2.03. The quantitative estimate of drug-likeness (QED) is 0.646. The van der Waals surface area contributed by atoms with Crippen LogP contribution in [0.4, 0.5) is 0 Å². The van der Waals surface area contributed by atoms with Crippen molar-refractivity contribution in [3.63, 3.8) is 0 Å². The first-order valence-corrected chi connectivity index (χ1v) is 5.12. The van der Waals surface area contributed by atoms with Gasteiger partial charge in [0.25, 0.3) is 0 Å². The first-order valence-electron chi connectivity index (χ1n) is 5.12. The minimum Gasteiger partial charge on any atom is -0.479 e. The molecule has 4 heteroatoms. The molecule has 0 saturated heterocycles. The van der Waals surface area contributed by atoms with Crippen LogP contribution in [0.5, 0.6) is 0 Å². The summed E-state index contributed by atoms with van der Waals surface area (Å²) in [6, 6.07) is 13.7. The van der Waals surface area contributed by atoms with E-state index in [2.05, 4.69) is 9.99 Å². The SMILES string of the molecule is O=C(O)CO/N=C/c1cccc2ccccc12. The minimum atomic E-state index is -1.04. The molecule has 0 aliphatic carbocycles. The predicted octanol–water partition coefficient (Wildman–Crippen LogP) is 2.27. The smallest absolute Gasteiger partial charge is 0.344 e. The molecule has 2 aromatic rings. The molecule has 0 aliphatic rings. The van der Waals surface area contributed by atoms with Crippen LogP contribution in [0.25, 0.3) is 10.8 Å². The molecular formula is C13H11NO3. The predicted molar refractivity (Wildman–Crippen MR) is 65.1 cm³/mol. The van der Waals surface area contributed by atoms with Gasteiger partial charge in [-0.05, 0) is 10.8 Å². The summed E-state index contributed by atoms with van der Waals surface area (Å²) in [5.41, 5.74) is 0.897. The second-order valence-corrected chi connectivity index (χ2v) is 3.47. The topological polar surface area (TPSA) is 58.9 Å². The number of carboxylic acids is 1. The summed E-state index contributed by atoms with van der Waals surface area (Å²) in [6.45, 7) is -0.429. The number of nitrogens with zero attached hydrogens (tertiary/aromatic N) is 1. The molecule has 0 unspecified atom stereocenters. The summed E-state index contributed by atoms with van der Waals surface area (Å²) in [6.07, 6.45) is 1.52. The van der Waals surface area contributed by atoms with Gasteiger partial charge in [0.15, 0.2) is 0 Å². The summed E-state index contributed by atoms with van der Waals surface area (Å²) >= 11 is 0. The van der Waals surface area contributed by atoms with Crippen LogP contribution in [0, 0.1) is 0 Å². The van der Waals surface area contributed by atoms with Crippen LogP contribution in [0.15, 0.2) is 47.6 Å². The molecule has 0 radical (unpaired) electrons. The van der Waals surface area contributed by atoms with Crippen molar-refractivity contribution in [2.45, 2.75) is 0 Å². The molecule has 2 rings (SSSR count). The average molecular weight is 229 g/mol. The fraction of sp³-hybridized carbons (Fsp3) is 0.0769. The van der Waals surface area contributed by atoms with E-state index in [0.717, 1.165) is 16.3 Å². The second-order valence-electron chi connectivity index (χ2n) is 3.47. The van der Waals surface area contributed by atoms with Gasteiger partial charge in [0.1, 0.15) is 0 Å². The fourth-order valence-corrected chi connectivity index (χ4v) is 1.55. The van der Waals surface area contributed by atoms with Gasteiger partial charge in [0.05, 0.1) is 6.21 Å². The summed E-state index contributed by atoms with van der Waals surface area (Å²) < 4.78 is 0. The Balaban J connectivity index is 2.21. The van der Waals surface area contributed by atoms with Gasteiger partial charge in [-0.25, -0.2) is 4.79 Å². The van der Waals surface area contributed by atoms with Gasteiger partial charge in [-0.3, -0.25) is 0 Å². The number of aliphatic carboxylic acids is 1. The number of benzene rings is 2. The Morgan fingerprint density at radius 3 is 2.82 bits per heavy atom. The molecule has 0 bridgehead atoms. The largest absolute Gasteiger partial charge is 0.479 e. The van der Waals surface area contributed by atoms with Crippen molar-refractivity contribution in [2.24, 2.45) is 5.16 Å². The van der Waals surface area contributed by atoms with Gasteiger partial charge >= 0.3 is 5.97 Å². The van der Waals surface area contributed by atoms with Gasteiger partial charge in [-0.15, -0.1) is 0 Å². The van der Waals surface area contributed by atoms with E-state index < -0.39 is 12.6 Å². The molecular weight excluding hydrogens is 218 g/mol. The summed E-state index contributed by atoms with van der Waals surface area (Å²) in [5, 5.41) is 14.2. The highest BCUT2D eigenvalue weighted by molar-refractivity contribution is 5.99. The maximum atomic E-state index is 10.2. The van der Waals surface area contributed by atoms with E-state index in [4.69, 9.17) is 5.11 Å². The molecule has 0 saturated carbocycles. The van der Waals surface area contributed by atoms with Crippen molar-refractivity contribution in [1.82, 2.24) is 0 Å². The summed E-state index contributed by atoms with van der Waals surface area (Å²) in [5.74, 6) is -1.04. The highest BCUT2D eigenvalue weighted by Gasteiger charge is 1.97. The van der Waals surface area contributed by atoms with Crippen molar-refractivity contribution < 1.29 is 14.7 Å². The third-order valence-corrected chi connectivity index (χ3v) is 2.28. The number of carboxylic acid groups (broad SMARTS) is 1. The van der Waals surface area contributed by atoms with Crippen LogP contribution in [0.1, 0.15) is 5.56 Å². The van der Waals surface area contributed by atoms with Gasteiger partial charge in [-0.2, -0.15) is 0 Å². The Hall–Kier alpha value is -2.36. The van der Waals surface area contributed by atoms with E-state index >= 15 is 0 Å². The van der Waals surface area contributed by atoms with Crippen LogP contribution in [-0.2, 0) is 9.63 Å². The molecule has 17 heavy (non-hydrogen) atoms. The Kier molecular flexibility index (Phi) is 3.35. The second kappa shape index (κ2) is 5.12. The van der Waals surface area contributed by atoms with Crippen molar-refractivity contribution in [3.8, 4) is 0 Å². The Morgan fingerprint density at radius 2 is 2.00 bits per heavy atom. The van der Waals surface area contributed by atoms with Crippen LogP contribution in [0.3, 0.4) is 0 Å². The van der Waals surface area contributed by atoms with E-state index in [9.17, 15) is 4.79 Å². The number of oxime groups is 1. The normalized spacial score (nSPS) is 10.8. The van der Waals surface area contributed by atoms with Crippen LogP contribution in [-0.4, -0.2) is 23.9 Å². The van der Waals surface area contributed by atoms with E-state index in [-0.39, 0.29) is 0 Å². The van der Waals surface area contributed by atoms with Gasteiger partial charge in [0.2, 0.25) is 6.61 Å². The number of carbonyl (C=O) groups is 1. The van der Waals surface area contributed by atoms with Crippen molar-refractivity contribution in [3.05, 3.63) is 48.0 Å². The zero-order valence-electron chi connectivity index (χ0n) is 9.04. The zero-order chi connectivity index (χ0) is 12.1. The molecule has 2 aromatic carbocycles. The Labute approximate surface area is 98.1 Å². The number of fused-ring (bicyclic) bond motifs is 1. The summed E-state index contributed by atoms with van der Waals surface area (Å²) in [7, 11) is 0. The standard InChI is InChI=1S/C13H11NO3/c15-13(16)9-17-14-8-11-6-3-5-10-4-1-2-7-12(10)11/h1-8H,9H2,(H,15,16)/b14-8+. The molecule has 0 amide bonds. The monoisotopic (exact) mass is 229 g/mol. The highest BCUT2D eigenvalue weighted by atomic mass is 16.6. The maximum Gasteiger partial charge on any atom is 0.344 e. The van der Waals surface area contributed by atoms with E-state index in [1.807, 2.05) is 42.5 Å². The number of hydrogen-bond acceptors (Lipinski definition) is 3. The molecule has 4 nitrogen and oxygen atoms in total.